The van der Waals surface area contributed by atoms with E-state index >= 15 is 0 Å². The SMILES string of the molecule is C[N+](CCN)(CCN)CCC[C@H](N)C(=O)N[C@@H](CCc1ccccc1)C(=O)Cc1cc2ccccc2nn1. The maximum Gasteiger partial charge on any atom is 0.237 e. The van der Waals surface area contributed by atoms with E-state index in [1.54, 1.807) is 0 Å². The topological polar surface area (TPSA) is 150 Å². The lowest BCUT2D eigenvalue weighted by Crippen LogP contribution is -2.52. The van der Waals surface area contributed by atoms with Crippen LogP contribution in [0, 0.1) is 0 Å². The van der Waals surface area contributed by atoms with E-state index in [9.17, 15) is 9.59 Å². The lowest BCUT2D eigenvalue weighted by atomic mass is 9.98. The maximum absolute atomic E-state index is 13.4. The minimum atomic E-state index is -0.702. The van der Waals surface area contributed by atoms with Crippen molar-refractivity contribution >= 4 is 22.6 Å². The molecule has 3 rings (SSSR count). The highest BCUT2D eigenvalue weighted by Crippen LogP contribution is 2.14. The van der Waals surface area contributed by atoms with E-state index < -0.39 is 12.1 Å². The van der Waals surface area contributed by atoms with E-state index in [-0.39, 0.29) is 18.1 Å². The average Bonchev–Trinajstić information content (AvgIpc) is 2.91. The first-order valence-electron chi connectivity index (χ1n) is 13.4. The Labute approximate surface area is 225 Å². The van der Waals surface area contributed by atoms with Gasteiger partial charge in [-0.1, -0.05) is 48.5 Å². The molecule has 0 bridgehead atoms. The Morgan fingerprint density at radius 3 is 2.32 bits per heavy atom. The van der Waals surface area contributed by atoms with Crippen molar-refractivity contribution in [3.8, 4) is 0 Å². The molecule has 0 saturated heterocycles. The molecule has 1 heterocycles. The summed E-state index contributed by atoms with van der Waals surface area (Å²) in [5.74, 6) is -0.422. The number of fused-ring (bicyclic) bond motifs is 1. The van der Waals surface area contributed by atoms with Crippen molar-refractivity contribution in [3.63, 3.8) is 0 Å². The lowest BCUT2D eigenvalue weighted by molar-refractivity contribution is -0.907. The molecule has 9 nitrogen and oxygen atoms in total. The molecule has 0 radical (unpaired) electrons. The standard InChI is InChI=1S/C29H41N7O2/c1-36(18-15-30,19-16-31)17-7-11-25(32)29(38)33-27(14-13-22-8-3-2-4-9-22)28(37)21-24-20-23-10-5-6-12-26(23)35-34-24/h2-6,8-10,12,20,25,27H,7,11,13-19,21,30-32H2,1H3/p+1/t25-,27-/m0/s1. The van der Waals surface area contributed by atoms with Gasteiger partial charge in [0, 0.05) is 18.5 Å². The lowest BCUT2D eigenvalue weighted by Gasteiger charge is -2.34. The number of ketones is 1. The van der Waals surface area contributed by atoms with Crippen molar-refractivity contribution in [2.24, 2.45) is 17.2 Å². The number of likely N-dealkylation sites (N-methyl/N-ethyl adjacent to an activating group) is 1. The van der Waals surface area contributed by atoms with Crippen molar-refractivity contribution in [2.75, 3.05) is 39.8 Å². The molecule has 1 amide bonds. The van der Waals surface area contributed by atoms with E-state index in [1.165, 1.54) is 0 Å². The van der Waals surface area contributed by atoms with Crippen LogP contribution >= 0.6 is 0 Å². The van der Waals surface area contributed by atoms with Gasteiger partial charge in [0.05, 0.1) is 56.4 Å². The molecule has 1 aromatic heterocycles. The summed E-state index contributed by atoms with van der Waals surface area (Å²) in [5, 5.41) is 12.3. The van der Waals surface area contributed by atoms with Crippen LogP contribution in [0.2, 0.25) is 0 Å². The molecule has 0 fully saturated rings. The van der Waals surface area contributed by atoms with Gasteiger partial charge in [-0.15, -0.1) is 0 Å². The largest absolute Gasteiger partial charge is 0.345 e. The molecule has 2 aromatic carbocycles. The fourth-order valence-corrected chi connectivity index (χ4v) is 4.75. The average molecular weight is 521 g/mol. The second-order valence-electron chi connectivity index (χ2n) is 10.2. The molecule has 0 aliphatic rings. The first kappa shape index (κ1) is 29.3. The number of nitrogens with two attached hydrogens (primary N) is 3. The number of Topliss-reactive ketones (excluding diaryl/α,β-unsaturated/α-hetero) is 1. The van der Waals surface area contributed by atoms with Crippen molar-refractivity contribution in [1.29, 1.82) is 0 Å². The Morgan fingerprint density at radius 2 is 1.61 bits per heavy atom. The Balaban J connectivity index is 1.63. The molecule has 0 aliphatic carbocycles. The number of nitrogens with zero attached hydrogens (tertiary/aromatic N) is 3. The van der Waals surface area contributed by atoms with Gasteiger partial charge in [-0.3, -0.25) is 9.59 Å². The summed E-state index contributed by atoms with van der Waals surface area (Å²) in [6.07, 6.45) is 2.50. The molecular formula is C29H42N7O2+. The fourth-order valence-electron chi connectivity index (χ4n) is 4.75. The molecule has 2 atom stereocenters. The van der Waals surface area contributed by atoms with E-state index in [0.29, 0.717) is 38.0 Å². The minimum absolute atomic E-state index is 0.0841. The zero-order chi connectivity index (χ0) is 27.4. The third-order valence-corrected chi connectivity index (χ3v) is 7.06. The number of aryl methyl sites for hydroxylation is 1. The highest BCUT2D eigenvalue weighted by atomic mass is 16.2. The molecular weight excluding hydrogens is 478 g/mol. The molecule has 9 heteroatoms. The van der Waals surface area contributed by atoms with Crippen LogP contribution in [0.5, 0.6) is 0 Å². The Hall–Kier alpha value is -3.24. The van der Waals surface area contributed by atoms with Crippen LogP contribution in [0.1, 0.15) is 30.5 Å². The number of nitrogens with one attached hydrogen (secondary N) is 1. The number of carbonyl (C=O) groups is 2. The van der Waals surface area contributed by atoms with Crippen molar-refractivity contribution in [2.45, 2.75) is 44.2 Å². The molecule has 7 N–H and O–H groups in total. The first-order valence-corrected chi connectivity index (χ1v) is 13.4. The third kappa shape index (κ3) is 8.95. The van der Waals surface area contributed by atoms with Gasteiger partial charge in [-0.25, -0.2) is 0 Å². The molecule has 0 spiro atoms. The Morgan fingerprint density at radius 1 is 0.921 bits per heavy atom. The van der Waals surface area contributed by atoms with Crippen LogP contribution in [0.4, 0.5) is 0 Å². The van der Waals surface area contributed by atoms with Gasteiger partial charge in [-0.05, 0) is 43.4 Å². The number of hydrogen-bond donors (Lipinski definition) is 4. The number of rotatable bonds is 16. The quantitative estimate of drug-likeness (QED) is 0.208. The van der Waals surface area contributed by atoms with Crippen molar-refractivity contribution < 1.29 is 14.1 Å². The van der Waals surface area contributed by atoms with Gasteiger partial charge in [0.2, 0.25) is 5.91 Å². The van der Waals surface area contributed by atoms with Crippen LogP contribution < -0.4 is 22.5 Å². The number of quaternary nitrogens is 1. The first-order chi connectivity index (χ1) is 18.3. The summed E-state index contributed by atoms with van der Waals surface area (Å²) in [6, 6.07) is 18.1. The van der Waals surface area contributed by atoms with Crippen LogP contribution in [0.3, 0.4) is 0 Å². The fraction of sp³-hybridized carbons (Fsp3) is 0.448. The summed E-state index contributed by atoms with van der Waals surface area (Å²) in [7, 11) is 2.12. The Bertz CT molecular complexity index is 1170. The second-order valence-corrected chi connectivity index (χ2v) is 10.2. The third-order valence-electron chi connectivity index (χ3n) is 7.06. The number of amides is 1. The molecule has 204 valence electrons. The van der Waals surface area contributed by atoms with Crippen LogP contribution in [-0.4, -0.2) is 78.2 Å². The highest BCUT2D eigenvalue weighted by molar-refractivity contribution is 5.92. The number of hydrogen-bond acceptors (Lipinski definition) is 7. The Kier molecular flexibility index (Phi) is 11.3. The van der Waals surface area contributed by atoms with Gasteiger partial charge < -0.3 is 27.0 Å². The zero-order valence-corrected chi connectivity index (χ0v) is 22.4. The minimum Gasteiger partial charge on any atom is -0.345 e. The summed E-state index contributed by atoms with van der Waals surface area (Å²) in [4.78, 5) is 26.4. The van der Waals surface area contributed by atoms with Gasteiger partial charge >= 0.3 is 0 Å². The van der Waals surface area contributed by atoms with Crippen molar-refractivity contribution in [3.05, 3.63) is 71.9 Å². The van der Waals surface area contributed by atoms with E-state index in [0.717, 1.165) is 47.0 Å². The molecule has 0 saturated carbocycles. The van der Waals surface area contributed by atoms with Crippen LogP contribution in [-0.2, 0) is 22.4 Å². The monoisotopic (exact) mass is 520 g/mol. The van der Waals surface area contributed by atoms with Crippen LogP contribution in [0.15, 0.2) is 60.7 Å². The highest BCUT2D eigenvalue weighted by Gasteiger charge is 2.26. The predicted octanol–water partition coefficient (Wildman–Crippen LogP) is 1.33. The maximum atomic E-state index is 13.4. The summed E-state index contributed by atoms with van der Waals surface area (Å²) < 4.78 is 0.756. The van der Waals surface area contributed by atoms with Gasteiger partial charge in [0.15, 0.2) is 5.78 Å². The van der Waals surface area contributed by atoms with Crippen LogP contribution in [0.25, 0.3) is 10.9 Å². The van der Waals surface area contributed by atoms with Gasteiger partial charge in [0.25, 0.3) is 0 Å². The smallest absolute Gasteiger partial charge is 0.237 e. The normalized spacial score (nSPS) is 13.3. The molecule has 0 aliphatic heterocycles. The zero-order valence-electron chi connectivity index (χ0n) is 22.4. The van der Waals surface area contributed by atoms with Crippen molar-refractivity contribution in [1.82, 2.24) is 15.5 Å². The van der Waals surface area contributed by atoms with Gasteiger partial charge in [0.1, 0.15) is 0 Å². The van der Waals surface area contributed by atoms with E-state index in [4.69, 9.17) is 17.2 Å². The predicted molar refractivity (Wildman–Crippen MR) is 151 cm³/mol. The number of carbonyl (C=O) groups excluding carboxylic acids is 2. The van der Waals surface area contributed by atoms with E-state index in [1.807, 2.05) is 60.7 Å². The summed E-state index contributed by atoms with van der Waals surface area (Å²) in [5.41, 5.74) is 20.3. The number of aromatic nitrogens is 2. The summed E-state index contributed by atoms with van der Waals surface area (Å²) >= 11 is 0. The second kappa shape index (κ2) is 14.6. The van der Waals surface area contributed by atoms with E-state index in [2.05, 4.69) is 22.6 Å². The molecule has 38 heavy (non-hydrogen) atoms. The number of benzene rings is 2. The molecule has 0 unspecified atom stereocenters. The summed E-state index contributed by atoms with van der Waals surface area (Å²) in [6.45, 7) is 3.65. The molecule has 3 aromatic rings. The van der Waals surface area contributed by atoms with Gasteiger partial charge in [-0.2, -0.15) is 10.2 Å².